The Labute approximate surface area is 187 Å². The van der Waals surface area contributed by atoms with E-state index in [9.17, 15) is 4.79 Å². The van der Waals surface area contributed by atoms with Crippen LogP contribution in [-0.2, 0) is 6.54 Å². The SMILES string of the molecule is Cc1cc(N2CCN(CCn3nc(-c4cccnc4)ccc3=O)CC2)nc2ccccc12. The molecule has 32 heavy (non-hydrogen) atoms. The average molecular weight is 427 g/mol. The molecule has 1 aromatic carbocycles. The summed E-state index contributed by atoms with van der Waals surface area (Å²) in [6, 6.07) is 17.6. The van der Waals surface area contributed by atoms with Crippen LogP contribution in [0.15, 0.2) is 71.8 Å². The Kier molecular flexibility index (Phi) is 5.64. The maximum atomic E-state index is 12.3. The molecule has 7 nitrogen and oxygen atoms in total. The van der Waals surface area contributed by atoms with Crippen molar-refractivity contribution in [1.29, 1.82) is 0 Å². The van der Waals surface area contributed by atoms with Gasteiger partial charge in [-0.25, -0.2) is 9.67 Å². The van der Waals surface area contributed by atoms with Crippen molar-refractivity contribution in [2.75, 3.05) is 37.6 Å². The van der Waals surface area contributed by atoms with Crippen LogP contribution in [0.3, 0.4) is 0 Å². The molecule has 162 valence electrons. The Morgan fingerprint density at radius 1 is 0.938 bits per heavy atom. The summed E-state index contributed by atoms with van der Waals surface area (Å²) in [7, 11) is 0. The Morgan fingerprint density at radius 3 is 2.59 bits per heavy atom. The summed E-state index contributed by atoms with van der Waals surface area (Å²) >= 11 is 0. The number of hydrogen-bond acceptors (Lipinski definition) is 6. The van der Waals surface area contributed by atoms with Gasteiger partial charge in [0, 0.05) is 62.1 Å². The molecule has 7 heteroatoms. The molecule has 3 aromatic heterocycles. The fourth-order valence-electron chi connectivity index (χ4n) is 4.21. The van der Waals surface area contributed by atoms with E-state index >= 15 is 0 Å². The highest BCUT2D eigenvalue weighted by Crippen LogP contribution is 2.23. The average Bonchev–Trinajstić information content (AvgIpc) is 2.84. The number of anilines is 1. The molecule has 0 radical (unpaired) electrons. The van der Waals surface area contributed by atoms with E-state index in [1.54, 1.807) is 29.2 Å². The van der Waals surface area contributed by atoms with Crippen LogP contribution in [-0.4, -0.2) is 57.4 Å². The molecule has 0 unspecified atom stereocenters. The largest absolute Gasteiger partial charge is 0.354 e. The Bertz CT molecular complexity index is 1280. The number of nitrogens with zero attached hydrogens (tertiary/aromatic N) is 6. The van der Waals surface area contributed by atoms with Crippen molar-refractivity contribution in [2.45, 2.75) is 13.5 Å². The second kappa shape index (κ2) is 8.88. The van der Waals surface area contributed by atoms with E-state index in [0.29, 0.717) is 6.54 Å². The lowest BCUT2D eigenvalue weighted by atomic mass is 10.1. The van der Waals surface area contributed by atoms with Crippen LogP contribution in [0.1, 0.15) is 5.56 Å². The van der Waals surface area contributed by atoms with Crippen LogP contribution in [0.5, 0.6) is 0 Å². The molecular formula is C25H26N6O. The van der Waals surface area contributed by atoms with Gasteiger partial charge in [0.1, 0.15) is 5.82 Å². The minimum Gasteiger partial charge on any atom is -0.354 e. The second-order valence-electron chi connectivity index (χ2n) is 8.16. The first kappa shape index (κ1) is 20.3. The molecule has 4 aromatic rings. The molecule has 1 fully saturated rings. The molecule has 0 spiro atoms. The number of aryl methyl sites for hydroxylation is 1. The topological polar surface area (TPSA) is 67.2 Å². The zero-order valence-electron chi connectivity index (χ0n) is 18.2. The minimum absolute atomic E-state index is 0.0767. The molecule has 0 N–H and O–H groups in total. The van der Waals surface area contributed by atoms with E-state index in [0.717, 1.165) is 55.3 Å². The van der Waals surface area contributed by atoms with Gasteiger partial charge in [-0.2, -0.15) is 5.10 Å². The van der Waals surface area contributed by atoms with Crippen LogP contribution in [0.4, 0.5) is 5.82 Å². The standard InChI is InChI=1S/C25H26N6O/c1-19-17-24(27-23-7-3-2-6-21(19)23)30-14-11-29(12-15-30)13-16-31-25(32)9-8-22(28-31)20-5-4-10-26-18-20/h2-10,17-18H,11-16H2,1H3. The molecule has 1 aliphatic heterocycles. The van der Waals surface area contributed by atoms with Crippen molar-refractivity contribution in [2.24, 2.45) is 0 Å². The number of para-hydroxylation sites is 1. The van der Waals surface area contributed by atoms with Crippen molar-refractivity contribution >= 4 is 16.7 Å². The number of fused-ring (bicyclic) bond motifs is 1. The van der Waals surface area contributed by atoms with E-state index in [2.05, 4.69) is 51.1 Å². The maximum Gasteiger partial charge on any atom is 0.266 e. The number of rotatable bonds is 5. The highest BCUT2D eigenvalue weighted by Gasteiger charge is 2.19. The zero-order valence-corrected chi connectivity index (χ0v) is 18.2. The molecule has 0 bridgehead atoms. The molecule has 4 heterocycles. The predicted molar refractivity (Wildman–Crippen MR) is 127 cm³/mol. The fourth-order valence-corrected chi connectivity index (χ4v) is 4.21. The highest BCUT2D eigenvalue weighted by atomic mass is 16.1. The molecule has 0 aliphatic carbocycles. The van der Waals surface area contributed by atoms with Crippen molar-refractivity contribution < 1.29 is 0 Å². The molecule has 0 amide bonds. The van der Waals surface area contributed by atoms with Crippen LogP contribution in [0.25, 0.3) is 22.2 Å². The number of aromatic nitrogens is 4. The summed E-state index contributed by atoms with van der Waals surface area (Å²) < 4.78 is 1.56. The Morgan fingerprint density at radius 2 is 1.78 bits per heavy atom. The summed E-state index contributed by atoms with van der Waals surface area (Å²) in [4.78, 5) is 26.1. The fraction of sp³-hybridized carbons (Fsp3) is 0.280. The third-order valence-corrected chi connectivity index (χ3v) is 6.06. The van der Waals surface area contributed by atoms with E-state index in [-0.39, 0.29) is 5.56 Å². The lowest BCUT2D eigenvalue weighted by molar-refractivity contribution is 0.242. The number of hydrogen-bond donors (Lipinski definition) is 0. The van der Waals surface area contributed by atoms with Gasteiger partial charge in [0.25, 0.3) is 5.56 Å². The quantitative estimate of drug-likeness (QED) is 0.489. The van der Waals surface area contributed by atoms with E-state index < -0.39 is 0 Å². The van der Waals surface area contributed by atoms with Gasteiger partial charge in [0.15, 0.2) is 0 Å². The summed E-state index contributed by atoms with van der Waals surface area (Å²) in [5.74, 6) is 1.04. The molecule has 1 saturated heterocycles. The molecular weight excluding hydrogens is 400 g/mol. The van der Waals surface area contributed by atoms with Crippen LogP contribution < -0.4 is 10.5 Å². The van der Waals surface area contributed by atoms with E-state index in [1.807, 2.05) is 18.2 Å². The third-order valence-electron chi connectivity index (χ3n) is 6.06. The Hall–Kier alpha value is -3.58. The second-order valence-corrected chi connectivity index (χ2v) is 8.16. The smallest absolute Gasteiger partial charge is 0.266 e. The minimum atomic E-state index is -0.0767. The third kappa shape index (κ3) is 4.24. The normalized spacial score (nSPS) is 14.7. The van der Waals surface area contributed by atoms with Crippen LogP contribution >= 0.6 is 0 Å². The molecule has 5 rings (SSSR count). The summed E-state index contributed by atoms with van der Waals surface area (Å²) in [6.07, 6.45) is 3.49. The lowest BCUT2D eigenvalue weighted by Crippen LogP contribution is -2.48. The van der Waals surface area contributed by atoms with Crippen molar-refractivity contribution in [3.8, 4) is 11.3 Å². The zero-order chi connectivity index (χ0) is 21.9. The van der Waals surface area contributed by atoms with Crippen LogP contribution in [0, 0.1) is 6.92 Å². The number of piperazine rings is 1. The van der Waals surface area contributed by atoms with Crippen LogP contribution in [0.2, 0.25) is 0 Å². The van der Waals surface area contributed by atoms with Crippen molar-refractivity contribution in [1.82, 2.24) is 24.6 Å². The predicted octanol–water partition coefficient (Wildman–Crippen LogP) is 2.98. The van der Waals surface area contributed by atoms with E-state index in [4.69, 9.17) is 4.98 Å². The molecule has 0 atom stereocenters. The lowest BCUT2D eigenvalue weighted by Gasteiger charge is -2.35. The highest BCUT2D eigenvalue weighted by molar-refractivity contribution is 5.83. The van der Waals surface area contributed by atoms with Gasteiger partial charge in [0.2, 0.25) is 0 Å². The summed E-state index contributed by atoms with van der Waals surface area (Å²) in [5, 5.41) is 5.75. The number of benzene rings is 1. The number of pyridine rings is 2. The van der Waals surface area contributed by atoms with Gasteiger partial charge in [-0.1, -0.05) is 18.2 Å². The Balaban J connectivity index is 1.22. The van der Waals surface area contributed by atoms with Crippen molar-refractivity contribution in [3.63, 3.8) is 0 Å². The van der Waals surface area contributed by atoms with Gasteiger partial charge in [-0.15, -0.1) is 0 Å². The monoisotopic (exact) mass is 426 g/mol. The van der Waals surface area contributed by atoms with Gasteiger partial charge in [0.05, 0.1) is 17.8 Å². The first-order valence-corrected chi connectivity index (χ1v) is 11.0. The molecule has 0 saturated carbocycles. The molecule has 1 aliphatic rings. The van der Waals surface area contributed by atoms with Gasteiger partial charge >= 0.3 is 0 Å². The van der Waals surface area contributed by atoms with Gasteiger partial charge in [-0.05, 0) is 42.8 Å². The maximum absolute atomic E-state index is 12.3. The summed E-state index contributed by atoms with van der Waals surface area (Å²) in [6.45, 7) is 7.22. The first-order chi connectivity index (χ1) is 15.7. The van der Waals surface area contributed by atoms with E-state index in [1.165, 1.54) is 10.9 Å². The van der Waals surface area contributed by atoms with Crippen molar-refractivity contribution in [3.05, 3.63) is 82.9 Å². The summed E-state index contributed by atoms with van der Waals surface area (Å²) in [5.41, 5.74) is 3.90. The van der Waals surface area contributed by atoms with Gasteiger partial charge in [-0.3, -0.25) is 14.7 Å². The van der Waals surface area contributed by atoms with Gasteiger partial charge < -0.3 is 4.90 Å². The first-order valence-electron chi connectivity index (χ1n) is 11.0.